The van der Waals surface area contributed by atoms with Crippen LogP contribution < -0.4 is 0 Å². The van der Waals surface area contributed by atoms with Gasteiger partial charge in [0, 0.05) is 26.4 Å². The standard InChI is InChI=1S/C9H22O3Si/c1-13(2,3)12-9-5-8-11-7-4-6-10/h10H,4-9H2,1-3H3. The van der Waals surface area contributed by atoms with Crippen molar-refractivity contribution in [2.45, 2.75) is 32.5 Å². The third-order valence-electron chi connectivity index (χ3n) is 1.41. The molecule has 0 aliphatic heterocycles. The molecule has 0 aliphatic carbocycles. The van der Waals surface area contributed by atoms with Gasteiger partial charge in [-0.05, 0) is 32.5 Å². The average Bonchev–Trinajstić information content (AvgIpc) is 2.01. The van der Waals surface area contributed by atoms with E-state index in [1.165, 1.54) is 0 Å². The van der Waals surface area contributed by atoms with Crippen LogP contribution in [0.5, 0.6) is 0 Å². The van der Waals surface area contributed by atoms with Crippen molar-refractivity contribution in [2.24, 2.45) is 0 Å². The summed E-state index contributed by atoms with van der Waals surface area (Å²) in [7, 11) is -1.33. The lowest BCUT2D eigenvalue weighted by Crippen LogP contribution is -2.26. The third-order valence-corrected chi connectivity index (χ3v) is 2.49. The second-order valence-electron chi connectivity index (χ2n) is 4.00. The lowest BCUT2D eigenvalue weighted by atomic mass is 10.5. The van der Waals surface area contributed by atoms with Crippen LogP contribution in [0.4, 0.5) is 0 Å². The van der Waals surface area contributed by atoms with Crippen LogP contribution in [0.15, 0.2) is 0 Å². The van der Waals surface area contributed by atoms with Crippen molar-refractivity contribution in [3.05, 3.63) is 0 Å². The van der Waals surface area contributed by atoms with Gasteiger partial charge in [0.2, 0.25) is 0 Å². The Balaban J connectivity index is 3.00. The summed E-state index contributed by atoms with van der Waals surface area (Å²) >= 11 is 0. The maximum Gasteiger partial charge on any atom is 0.183 e. The van der Waals surface area contributed by atoms with E-state index in [0.717, 1.165) is 26.1 Å². The van der Waals surface area contributed by atoms with Gasteiger partial charge in [-0.2, -0.15) is 0 Å². The molecule has 0 unspecified atom stereocenters. The fourth-order valence-electron chi connectivity index (χ4n) is 0.808. The van der Waals surface area contributed by atoms with E-state index in [9.17, 15) is 0 Å². The second-order valence-corrected chi connectivity index (χ2v) is 8.52. The third kappa shape index (κ3) is 12.1. The molecule has 0 atom stereocenters. The van der Waals surface area contributed by atoms with E-state index in [1.54, 1.807) is 0 Å². The molecule has 0 bridgehead atoms. The van der Waals surface area contributed by atoms with Crippen molar-refractivity contribution in [3.63, 3.8) is 0 Å². The molecule has 3 nitrogen and oxygen atoms in total. The SMILES string of the molecule is C[Si](C)(C)OCCCOCCCO. The maximum absolute atomic E-state index is 8.48. The van der Waals surface area contributed by atoms with Crippen LogP contribution in [-0.2, 0) is 9.16 Å². The molecule has 0 rings (SSSR count). The van der Waals surface area contributed by atoms with E-state index >= 15 is 0 Å². The summed E-state index contributed by atoms with van der Waals surface area (Å²) in [6.07, 6.45) is 1.69. The number of rotatable bonds is 8. The van der Waals surface area contributed by atoms with Crippen LogP contribution >= 0.6 is 0 Å². The molecule has 0 heterocycles. The van der Waals surface area contributed by atoms with Crippen LogP contribution in [0, 0.1) is 0 Å². The number of aliphatic hydroxyl groups is 1. The molecule has 0 aromatic rings. The van der Waals surface area contributed by atoms with Crippen LogP contribution in [0.1, 0.15) is 12.8 Å². The van der Waals surface area contributed by atoms with Crippen LogP contribution in [0.25, 0.3) is 0 Å². The molecule has 0 radical (unpaired) electrons. The highest BCUT2D eigenvalue weighted by Gasteiger charge is 2.12. The molecule has 0 saturated carbocycles. The minimum absolute atomic E-state index is 0.214. The Morgan fingerprint density at radius 2 is 1.62 bits per heavy atom. The van der Waals surface area contributed by atoms with Crippen molar-refractivity contribution < 1.29 is 14.3 Å². The van der Waals surface area contributed by atoms with E-state index < -0.39 is 8.32 Å². The number of hydrogen-bond acceptors (Lipinski definition) is 3. The summed E-state index contributed by atoms with van der Waals surface area (Å²) in [5.41, 5.74) is 0. The minimum atomic E-state index is -1.33. The van der Waals surface area contributed by atoms with E-state index in [-0.39, 0.29) is 6.61 Å². The maximum atomic E-state index is 8.48. The molecule has 0 aliphatic rings. The molecular weight excluding hydrogens is 184 g/mol. The normalized spacial score (nSPS) is 12.0. The van der Waals surface area contributed by atoms with Crippen molar-refractivity contribution in [3.8, 4) is 0 Å². The predicted octanol–water partition coefficient (Wildman–Crippen LogP) is 1.63. The molecule has 0 saturated heterocycles. The highest BCUT2D eigenvalue weighted by atomic mass is 28.4. The highest BCUT2D eigenvalue weighted by Crippen LogP contribution is 2.02. The monoisotopic (exact) mass is 206 g/mol. The Morgan fingerprint density at radius 1 is 1.00 bits per heavy atom. The first-order valence-corrected chi connectivity index (χ1v) is 8.29. The summed E-state index contributed by atoms with van der Waals surface area (Å²) in [5.74, 6) is 0. The lowest BCUT2D eigenvalue weighted by Gasteiger charge is -2.16. The zero-order valence-corrected chi connectivity index (χ0v) is 10.0. The van der Waals surface area contributed by atoms with Crippen molar-refractivity contribution >= 4 is 8.32 Å². The molecule has 0 fully saturated rings. The zero-order valence-electron chi connectivity index (χ0n) is 9.01. The highest BCUT2D eigenvalue weighted by molar-refractivity contribution is 6.69. The van der Waals surface area contributed by atoms with Crippen molar-refractivity contribution in [2.75, 3.05) is 26.4 Å². The first-order chi connectivity index (χ1) is 6.06. The summed E-state index contributed by atoms with van der Waals surface area (Å²) in [6, 6.07) is 0. The molecule has 1 N–H and O–H groups in total. The number of hydrogen-bond donors (Lipinski definition) is 1. The van der Waals surface area contributed by atoms with Gasteiger partial charge in [0.05, 0.1) is 0 Å². The smallest absolute Gasteiger partial charge is 0.183 e. The molecule has 4 heteroatoms. The largest absolute Gasteiger partial charge is 0.418 e. The van der Waals surface area contributed by atoms with E-state index in [2.05, 4.69) is 19.6 Å². The average molecular weight is 206 g/mol. The van der Waals surface area contributed by atoms with Gasteiger partial charge in [-0.25, -0.2) is 0 Å². The summed E-state index contributed by atoms with van der Waals surface area (Å²) < 4.78 is 10.9. The Morgan fingerprint density at radius 3 is 2.15 bits per heavy atom. The van der Waals surface area contributed by atoms with Gasteiger partial charge in [0.15, 0.2) is 8.32 Å². The van der Waals surface area contributed by atoms with E-state index in [4.69, 9.17) is 14.3 Å². The van der Waals surface area contributed by atoms with Crippen LogP contribution in [-0.4, -0.2) is 39.9 Å². The Kier molecular flexibility index (Phi) is 7.55. The van der Waals surface area contributed by atoms with Crippen molar-refractivity contribution in [1.29, 1.82) is 0 Å². The summed E-state index contributed by atoms with van der Waals surface area (Å²) in [6.45, 7) is 8.95. The first kappa shape index (κ1) is 13.1. The Labute approximate surface area is 82.2 Å². The molecule has 80 valence electrons. The van der Waals surface area contributed by atoms with Gasteiger partial charge >= 0.3 is 0 Å². The summed E-state index contributed by atoms with van der Waals surface area (Å²) in [5, 5.41) is 8.48. The fourth-order valence-corrected chi connectivity index (χ4v) is 1.56. The Hall–Kier alpha value is 0.0969. The summed E-state index contributed by atoms with van der Waals surface area (Å²) in [4.78, 5) is 0. The predicted molar refractivity (Wildman–Crippen MR) is 56.4 cm³/mol. The van der Waals surface area contributed by atoms with Gasteiger partial charge in [-0.3, -0.25) is 0 Å². The molecule has 0 spiro atoms. The topological polar surface area (TPSA) is 38.7 Å². The number of ether oxygens (including phenoxy) is 1. The molecule has 13 heavy (non-hydrogen) atoms. The second kappa shape index (κ2) is 7.50. The van der Waals surface area contributed by atoms with E-state index in [1.807, 2.05) is 0 Å². The minimum Gasteiger partial charge on any atom is -0.418 e. The molecule has 0 aromatic carbocycles. The number of aliphatic hydroxyl groups excluding tert-OH is 1. The van der Waals surface area contributed by atoms with Gasteiger partial charge < -0.3 is 14.3 Å². The van der Waals surface area contributed by atoms with Crippen LogP contribution in [0.2, 0.25) is 19.6 Å². The Bertz CT molecular complexity index is 112. The zero-order chi connectivity index (χ0) is 10.2. The van der Waals surface area contributed by atoms with Gasteiger partial charge in [0.25, 0.3) is 0 Å². The first-order valence-electron chi connectivity index (χ1n) is 4.89. The molecular formula is C9H22O3Si. The fraction of sp³-hybridized carbons (Fsp3) is 1.00. The van der Waals surface area contributed by atoms with Crippen molar-refractivity contribution in [1.82, 2.24) is 0 Å². The van der Waals surface area contributed by atoms with Gasteiger partial charge in [-0.15, -0.1) is 0 Å². The van der Waals surface area contributed by atoms with Gasteiger partial charge in [0.1, 0.15) is 0 Å². The van der Waals surface area contributed by atoms with Crippen LogP contribution in [0.3, 0.4) is 0 Å². The van der Waals surface area contributed by atoms with Gasteiger partial charge in [-0.1, -0.05) is 0 Å². The molecule has 0 aromatic heterocycles. The molecule has 0 amide bonds. The lowest BCUT2D eigenvalue weighted by molar-refractivity contribution is 0.104. The quantitative estimate of drug-likeness (QED) is 0.484. The van der Waals surface area contributed by atoms with E-state index in [0.29, 0.717) is 6.61 Å².